The van der Waals surface area contributed by atoms with Crippen molar-refractivity contribution in [2.45, 2.75) is 10.6 Å². The minimum absolute atomic E-state index is 0.0170. The van der Waals surface area contributed by atoms with Gasteiger partial charge in [0.05, 0.1) is 16.8 Å². The Labute approximate surface area is 238 Å². The maximum atomic E-state index is 15.0. The first-order valence-electron chi connectivity index (χ1n) is 13.1. The molecule has 0 radical (unpaired) electrons. The number of nitrogens with zero attached hydrogens (tertiary/aromatic N) is 2. The summed E-state index contributed by atoms with van der Waals surface area (Å²) in [5, 5.41) is 26.8. The van der Waals surface area contributed by atoms with Crippen LogP contribution < -0.4 is 15.2 Å². The number of primary sulfonamides is 1. The Morgan fingerprint density at radius 2 is 1.63 bits per heavy atom. The van der Waals surface area contributed by atoms with Crippen LogP contribution in [0.3, 0.4) is 0 Å². The molecular formula is C26H31F3N4O6S2+2. The van der Waals surface area contributed by atoms with Crippen LogP contribution in [-0.2, 0) is 10.0 Å². The number of para-hydroxylation sites is 1. The van der Waals surface area contributed by atoms with E-state index in [2.05, 4.69) is 5.32 Å². The fourth-order valence-corrected chi connectivity index (χ4v) is 7.58. The number of aromatic hydroxyl groups is 2. The first-order chi connectivity index (χ1) is 19.3. The van der Waals surface area contributed by atoms with Crippen LogP contribution in [0, 0.1) is 17.5 Å². The van der Waals surface area contributed by atoms with Crippen LogP contribution in [0.1, 0.15) is 16.8 Å². The van der Waals surface area contributed by atoms with Crippen molar-refractivity contribution in [1.82, 2.24) is 5.32 Å². The highest BCUT2D eigenvalue weighted by molar-refractivity contribution is 7.91. The highest BCUT2D eigenvalue weighted by Crippen LogP contribution is 2.39. The van der Waals surface area contributed by atoms with Crippen molar-refractivity contribution in [2.24, 2.45) is 5.14 Å². The largest absolute Gasteiger partial charge is 0.504 e. The molecule has 3 saturated heterocycles. The van der Waals surface area contributed by atoms with Gasteiger partial charge in [0.2, 0.25) is 15.8 Å². The number of carbonyl (C=O) groups excluding carboxylic acids is 1. The maximum absolute atomic E-state index is 15.0. The molecule has 3 aliphatic heterocycles. The number of fused-ring (bicyclic) bond motifs is 4. The Bertz CT molecular complexity index is 1590. The summed E-state index contributed by atoms with van der Waals surface area (Å²) in [5.41, 5.74) is 0.0170. The lowest BCUT2D eigenvalue weighted by atomic mass is 10.1. The molecule has 1 aromatic heterocycles. The molecule has 3 aliphatic rings. The highest BCUT2D eigenvalue weighted by Gasteiger charge is 2.48. The number of nitrogens with one attached hydrogen (secondary N) is 1. The SMILES string of the molecule is NS(=O)(=O)c1cc2c(F)c(F)c(OCC[N+]34CC[N+](CCCNC(=O)c5cccc(O)c5O)(CC3)CC4)c(F)c2s1. The molecule has 1 amide bonds. The second kappa shape index (κ2) is 10.9. The fraction of sp³-hybridized carbons (Fsp3) is 0.423. The van der Waals surface area contributed by atoms with E-state index < -0.39 is 54.5 Å². The number of halogens is 3. The standard InChI is InChI=1S/C26H29F3N4O6S2/c27-20-17-15-19(41(30,37)38)40-25(17)22(29)24(21(20)28)39-14-13-33-10-7-32(8-11-33,9-12-33)6-2-5-31-26(36)16-3-1-4-18(34)23(16)35/h1,3-4,15H,2,5-14H2,(H3-2,30,31,34,35,36,37,38)/p+2. The van der Waals surface area contributed by atoms with E-state index in [1.165, 1.54) is 18.2 Å². The summed E-state index contributed by atoms with van der Waals surface area (Å²) in [6.45, 7) is 6.94. The van der Waals surface area contributed by atoms with Gasteiger partial charge in [0.15, 0.2) is 28.9 Å². The lowest BCUT2D eigenvalue weighted by Gasteiger charge is -2.55. The smallest absolute Gasteiger partial charge is 0.255 e. The fourth-order valence-electron chi connectivity index (χ4n) is 5.76. The molecule has 5 N–H and O–H groups in total. The zero-order chi connectivity index (χ0) is 29.6. The summed E-state index contributed by atoms with van der Waals surface area (Å²) in [7, 11) is -4.21. The lowest BCUT2D eigenvalue weighted by molar-refractivity contribution is -1.08. The minimum atomic E-state index is -4.21. The van der Waals surface area contributed by atoms with Gasteiger partial charge in [-0.1, -0.05) is 6.07 Å². The predicted molar refractivity (Wildman–Crippen MR) is 145 cm³/mol. The molecule has 0 unspecified atom stereocenters. The van der Waals surface area contributed by atoms with Crippen LogP contribution in [0.25, 0.3) is 10.1 Å². The van der Waals surface area contributed by atoms with E-state index in [1.54, 1.807) is 0 Å². The summed E-state index contributed by atoms with van der Waals surface area (Å²) in [4.78, 5) is 12.3. The van der Waals surface area contributed by atoms with Crippen molar-refractivity contribution in [3.63, 3.8) is 0 Å². The number of ether oxygens (including phenoxy) is 1. The van der Waals surface area contributed by atoms with Gasteiger partial charge in [-0.15, -0.1) is 11.3 Å². The zero-order valence-corrected chi connectivity index (χ0v) is 23.7. The molecule has 222 valence electrons. The number of piperazine rings is 3. The summed E-state index contributed by atoms with van der Waals surface area (Å²) in [6.07, 6.45) is 0.733. The van der Waals surface area contributed by atoms with Crippen molar-refractivity contribution in [3.05, 3.63) is 47.3 Å². The molecule has 15 heteroatoms. The topological polar surface area (TPSA) is 139 Å². The Morgan fingerprint density at radius 1 is 1.00 bits per heavy atom. The monoisotopic (exact) mass is 616 g/mol. The predicted octanol–water partition coefficient (Wildman–Crippen LogP) is 2.24. The third-order valence-corrected chi connectivity index (χ3v) is 10.9. The van der Waals surface area contributed by atoms with Crippen LogP contribution in [0.2, 0.25) is 0 Å². The molecule has 0 atom stereocenters. The average molecular weight is 617 g/mol. The van der Waals surface area contributed by atoms with Crippen molar-refractivity contribution in [2.75, 3.05) is 65.5 Å². The normalized spacial score (nSPS) is 22.2. The van der Waals surface area contributed by atoms with Crippen molar-refractivity contribution < 1.29 is 50.3 Å². The van der Waals surface area contributed by atoms with E-state index in [0.29, 0.717) is 24.4 Å². The van der Waals surface area contributed by atoms with E-state index >= 15 is 4.39 Å². The minimum Gasteiger partial charge on any atom is -0.504 e. The Hall–Kier alpha value is -3.11. The number of benzene rings is 2. The van der Waals surface area contributed by atoms with Gasteiger partial charge in [-0.05, 0) is 18.2 Å². The zero-order valence-electron chi connectivity index (χ0n) is 22.0. The second-order valence-corrected chi connectivity index (χ2v) is 13.6. The van der Waals surface area contributed by atoms with E-state index in [-0.39, 0.29) is 22.6 Å². The Balaban J connectivity index is 1.13. The molecule has 41 heavy (non-hydrogen) atoms. The number of phenolic OH excluding ortho intramolecular Hbond substituents is 2. The van der Waals surface area contributed by atoms with Gasteiger partial charge < -0.3 is 29.2 Å². The molecule has 4 heterocycles. The van der Waals surface area contributed by atoms with Crippen LogP contribution in [0.5, 0.6) is 17.2 Å². The molecule has 0 aliphatic carbocycles. The molecule has 0 saturated carbocycles. The van der Waals surface area contributed by atoms with Crippen molar-refractivity contribution >= 4 is 37.4 Å². The molecule has 0 spiro atoms. The molecule has 2 bridgehead atoms. The third-order valence-electron chi connectivity index (χ3n) is 8.33. The highest BCUT2D eigenvalue weighted by atomic mass is 32.2. The first kappa shape index (κ1) is 29.4. The Kier molecular flexibility index (Phi) is 7.84. The number of hydrogen-bond donors (Lipinski definition) is 4. The summed E-state index contributed by atoms with van der Waals surface area (Å²) >= 11 is 0.424. The van der Waals surface area contributed by atoms with E-state index in [1.807, 2.05) is 0 Å². The van der Waals surface area contributed by atoms with Gasteiger partial charge in [0.1, 0.15) is 56.6 Å². The number of nitrogens with two attached hydrogens (primary N) is 1. The van der Waals surface area contributed by atoms with Gasteiger partial charge >= 0.3 is 0 Å². The van der Waals surface area contributed by atoms with Crippen LogP contribution in [0.4, 0.5) is 13.2 Å². The van der Waals surface area contributed by atoms with E-state index in [0.717, 1.165) is 67.3 Å². The van der Waals surface area contributed by atoms with Crippen LogP contribution in [-0.4, -0.2) is 99.0 Å². The summed E-state index contributed by atoms with van der Waals surface area (Å²) in [6, 6.07) is 5.04. The summed E-state index contributed by atoms with van der Waals surface area (Å²) < 4.78 is 73.7. The number of thiophene rings is 1. The quantitative estimate of drug-likeness (QED) is 0.119. The number of phenols is 2. The molecule has 6 rings (SSSR count). The Morgan fingerprint density at radius 3 is 2.27 bits per heavy atom. The first-order valence-corrected chi connectivity index (χ1v) is 15.5. The van der Waals surface area contributed by atoms with E-state index in [4.69, 9.17) is 9.88 Å². The molecule has 10 nitrogen and oxygen atoms in total. The third kappa shape index (κ3) is 5.68. The molecule has 3 fully saturated rings. The summed E-state index contributed by atoms with van der Waals surface area (Å²) in [5.74, 6) is -6.17. The maximum Gasteiger partial charge on any atom is 0.255 e. The van der Waals surface area contributed by atoms with Gasteiger partial charge in [-0.3, -0.25) is 4.79 Å². The number of hydrogen-bond acceptors (Lipinski definition) is 7. The van der Waals surface area contributed by atoms with E-state index in [9.17, 15) is 32.2 Å². The van der Waals surface area contributed by atoms with Gasteiger partial charge in [-0.2, -0.15) is 4.39 Å². The lowest BCUT2D eigenvalue weighted by Crippen LogP contribution is -2.75. The molecular weight excluding hydrogens is 585 g/mol. The average Bonchev–Trinajstić information content (AvgIpc) is 3.41. The van der Waals surface area contributed by atoms with Crippen LogP contribution in [0.15, 0.2) is 28.5 Å². The molecule has 2 aromatic carbocycles. The second-order valence-electron chi connectivity index (χ2n) is 10.7. The number of amides is 1. The molecule has 3 aromatic rings. The number of rotatable bonds is 10. The van der Waals surface area contributed by atoms with Gasteiger partial charge in [0, 0.05) is 18.4 Å². The van der Waals surface area contributed by atoms with Gasteiger partial charge in [0.25, 0.3) is 5.91 Å². The van der Waals surface area contributed by atoms with Crippen LogP contribution >= 0.6 is 11.3 Å². The van der Waals surface area contributed by atoms with Gasteiger partial charge in [-0.25, -0.2) is 22.3 Å². The van der Waals surface area contributed by atoms with Crippen molar-refractivity contribution in [3.8, 4) is 17.2 Å². The number of quaternary nitrogens is 2. The number of carbonyl (C=O) groups is 1. The van der Waals surface area contributed by atoms with Crippen molar-refractivity contribution in [1.29, 1.82) is 0 Å². The number of sulfonamides is 1.